The Hall–Kier alpha value is -1.55. The highest BCUT2D eigenvalue weighted by Gasteiger charge is 2.22. The average molecular weight is 262 g/mol. The second-order valence-electron chi connectivity index (χ2n) is 5.21. The predicted molar refractivity (Wildman–Crippen MR) is 75.1 cm³/mol. The summed E-state index contributed by atoms with van der Waals surface area (Å²) in [6, 6.07) is 5.90. The SMILES string of the molecule is Cc1cc([C@@H](C)N)ccc1OC1CCCCNC1=O. The lowest BCUT2D eigenvalue weighted by Crippen LogP contribution is -2.36. The molecule has 0 spiro atoms. The van der Waals surface area contributed by atoms with E-state index in [0.717, 1.165) is 42.7 Å². The molecule has 1 aliphatic heterocycles. The number of aryl methyl sites for hydroxylation is 1. The van der Waals surface area contributed by atoms with Crippen molar-refractivity contribution in [3.8, 4) is 5.75 Å². The van der Waals surface area contributed by atoms with Crippen molar-refractivity contribution in [1.82, 2.24) is 5.32 Å². The van der Waals surface area contributed by atoms with Gasteiger partial charge in [0.25, 0.3) is 5.91 Å². The van der Waals surface area contributed by atoms with Crippen LogP contribution in [0.5, 0.6) is 5.75 Å². The molecule has 2 atom stereocenters. The largest absolute Gasteiger partial charge is 0.480 e. The summed E-state index contributed by atoms with van der Waals surface area (Å²) in [6.45, 7) is 4.69. The van der Waals surface area contributed by atoms with Gasteiger partial charge in [-0.15, -0.1) is 0 Å². The first kappa shape index (κ1) is 13.9. The standard InChI is InChI=1S/C15H22N2O2/c1-10-9-12(11(2)16)6-7-13(10)19-14-5-3-4-8-17-15(14)18/h6-7,9,11,14H,3-5,8,16H2,1-2H3,(H,17,18)/t11-,14?/m1/s1. The molecule has 0 aliphatic carbocycles. The maximum absolute atomic E-state index is 11.8. The number of nitrogens with two attached hydrogens (primary N) is 1. The Morgan fingerprint density at radius 2 is 2.21 bits per heavy atom. The molecule has 1 unspecified atom stereocenters. The van der Waals surface area contributed by atoms with Crippen molar-refractivity contribution in [2.75, 3.05) is 6.54 Å². The molecule has 1 fully saturated rings. The molecule has 1 amide bonds. The average Bonchev–Trinajstić information content (AvgIpc) is 2.57. The zero-order chi connectivity index (χ0) is 13.8. The minimum atomic E-state index is -0.373. The lowest BCUT2D eigenvalue weighted by molar-refractivity contribution is -0.127. The van der Waals surface area contributed by atoms with Crippen LogP contribution in [0.2, 0.25) is 0 Å². The van der Waals surface area contributed by atoms with Crippen LogP contribution in [0.15, 0.2) is 18.2 Å². The van der Waals surface area contributed by atoms with Gasteiger partial charge in [-0.05, 0) is 50.3 Å². The summed E-state index contributed by atoms with van der Waals surface area (Å²) in [7, 11) is 0. The highest BCUT2D eigenvalue weighted by molar-refractivity contribution is 5.81. The van der Waals surface area contributed by atoms with Crippen LogP contribution in [0.25, 0.3) is 0 Å². The fourth-order valence-electron chi connectivity index (χ4n) is 2.27. The fourth-order valence-corrected chi connectivity index (χ4v) is 2.27. The van der Waals surface area contributed by atoms with E-state index < -0.39 is 0 Å². The Kier molecular flexibility index (Phi) is 4.43. The van der Waals surface area contributed by atoms with Crippen LogP contribution >= 0.6 is 0 Å². The van der Waals surface area contributed by atoms with Crippen molar-refractivity contribution < 1.29 is 9.53 Å². The number of hydrogen-bond donors (Lipinski definition) is 2. The second kappa shape index (κ2) is 6.06. The number of rotatable bonds is 3. The van der Waals surface area contributed by atoms with Gasteiger partial charge in [-0.25, -0.2) is 0 Å². The molecule has 0 saturated carbocycles. The lowest BCUT2D eigenvalue weighted by atomic mass is 10.1. The van der Waals surface area contributed by atoms with Gasteiger partial charge < -0.3 is 15.8 Å². The highest BCUT2D eigenvalue weighted by atomic mass is 16.5. The van der Waals surface area contributed by atoms with Crippen molar-refractivity contribution >= 4 is 5.91 Å². The fraction of sp³-hybridized carbons (Fsp3) is 0.533. The van der Waals surface area contributed by atoms with E-state index in [-0.39, 0.29) is 18.1 Å². The topological polar surface area (TPSA) is 64.3 Å². The smallest absolute Gasteiger partial charge is 0.261 e. The Bertz CT molecular complexity index is 457. The predicted octanol–water partition coefficient (Wildman–Crippen LogP) is 2.06. The van der Waals surface area contributed by atoms with Gasteiger partial charge in [0.05, 0.1) is 0 Å². The number of carbonyl (C=O) groups is 1. The van der Waals surface area contributed by atoms with Crippen molar-refractivity contribution in [3.05, 3.63) is 29.3 Å². The molecule has 4 nitrogen and oxygen atoms in total. The summed E-state index contributed by atoms with van der Waals surface area (Å²) in [5.74, 6) is 0.764. The van der Waals surface area contributed by atoms with Crippen molar-refractivity contribution in [2.45, 2.75) is 45.3 Å². The molecule has 2 rings (SSSR count). The van der Waals surface area contributed by atoms with E-state index in [1.165, 1.54) is 0 Å². The van der Waals surface area contributed by atoms with E-state index in [0.29, 0.717) is 0 Å². The number of nitrogens with one attached hydrogen (secondary N) is 1. The Morgan fingerprint density at radius 3 is 2.89 bits per heavy atom. The van der Waals surface area contributed by atoms with Crippen LogP contribution in [0.3, 0.4) is 0 Å². The summed E-state index contributed by atoms with van der Waals surface area (Å²) in [5.41, 5.74) is 7.95. The van der Waals surface area contributed by atoms with Crippen LogP contribution < -0.4 is 15.8 Å². The van der Waals surface area contributed by atoms with Crippen LogP contribution in [-0.2, 0) is 4.79 Å². The second-order valence-corrected chi connectivity index (χ2v) is 5.21. The van der Waals surface area contributed by atoms with Crippen LogP contribution in [0, 0.1) is 6.92 Å². The first-order chi connectivity index (χ1) is 9.08. The Balaban J connectivity index is 2.11. The number of amides is 1. The summed E-state index contributed by atoms with van der Waals surface area (Å²) < 4.78 is 5.86. The summed E-state index contributed by atoms with van der Waals surface area (Å²) in [6.07, 6.45) is 2.44. The quantitative estimate of drug-likeness (QED) is 0.876. The number of carbonyl (C=O) groups excluding carboxylic acids is 1. The van der Waals surface area contributed by atoms with E-state index in [9.17, 15) is 4.79 Å². The van der Waals surface area contributed by atoms with E-state index in [1.807, 2.05) is 32.0 Å². The molecule has 4 heteroatoms. The third kappa shape index (κ3) is 3.47. The van der Waals surface area contributed by atoms with Crippen LogP contribution in [0.4, 0.5) is 0 Å². The molecule has 1 aliphatic rings. The normalized spacial score (nSPS) is 21.4. The molecule has 1 saturated heterocycles. The first-order valence-corrected chi connectivity index (χ1v) is 6.88. The number of benzene rings is 1. The van der Waals surface area contributed by atoms with Gasteiger partial charge in [0.1, 0.15) is 5.75 Å². The molecule has 1 aromatic rings. The zero-order valence-electron chi connectivity index (χ0n) is 11.6. The maximum atomic E-state index is 11.8. The van der Waals surface area contributed by atoms with Crippen LogP contribution in [-0.4, -0.2) is 18.6 Å². The molecular formula is C15H22N2O2. The molecule has 3 N–H and O–H groups in total. The Morgan fingerprint density at radius 1 is 1.42 bits per heavy atom. The van der Waals surface area contributed by atoms with E-state index in [2.05, 4.69) is 5.32 Å². The van der Waals surface area contributed by atoms with Gasteiger partial charge in [-0.1, -0.05) is 12.1 Å². The summed E-state index contributed by atoms with van der Waals surface area (Å²) in [4.78, 5) is 11.8. The van der Waals surface area contributed by atoms with E-state index in [4.69, 9.17) is 10.5 Å². The zero-order valence-corrected chi connectivity index (χ0v) is 11.6. The van der Waals surface area contributed by atoms with Gasteiger partial charge in [-0.2, -0.15) is 0 Å². The molecule has 0 bridgehead atoms. The van der Waals surface area contributed by atoms with Gasteiger partial charge in [0, 0.05) is 12.6 Å². The number of hydrogen-bond acceptors (Lipinski definition) is 3. The monoisotopic (exact) mass is 262 g/mol. The number of ether oxygens (including phenoxy) is 1. The highest BCUT2D eigenvalue weighted by Crippen LogP contribution is 2.24. The molecule has 0 radical (unpaired) electrons. The third-order valence-corrected chi connectivity index (χ3v) is 3.48. The Labute approximate surface area is 114 Å². The molecule has 1 aromatic carbocycles. The first-order valence-electron chi connectivity index (χ1n) is 6.88. The molecule has 0 aromatic heterocycles. The van der Waals surface area contributed by atoms with Gasteiger partial charge in [0.15, 0.2) is 6.10 Å². The van der Waals surface area contributed by atoms with Gasteiger partial charge in [0.2, 0.25) is 0 Å². The lowest BCUT2D eigenvalue weighted by Gasteiger charge is -2.18. The van der Waals surface area contributed by atoms with Crippen molar-refractivity contribution in [3.63, 3.8) is 0 Å². The molecule has 104 valence electrons. The van der Waals surface area contributed by atoms with Crippen molar-refractivity contribution in [2.24, 2.45) is 5.73 Å². The summed E-state index contributed by atoms with van der Waals surface area (Å²) in [5, 5.41) is 2.88. The third-order valence-electron chi connectivity index (χ3n) is 3.48. The maximum Gasteiger partial charge on any atom is 0.261 e. The molecule has 1 heterocycles. The van der Waals surface area contributed by atoms with E-state index in [1.54, 1.807) is 0 Å². The van der Waals surface area contributed by atoms with Crippen molar-refractivity contribution in [1.29, 1.82) is 0 Å². The summed E-state index contributed by atoms with van der Waals surface area (Å²) >= 11 is 0. The van der Waals surface area contributed by atoms with Gasteiger partial charge >= 0.3 is 0 Å². The van der Waals surface area contributed by atoms with Gasteiger partial charge in [-0.3, -0.25) is 4.79 Å². The molecule has 19 heavy (non-hydrogen) atoms. The minimum Gasteiger partial charge on any atom is -0.480 e. The van der Waals surface area contributed by atoms with Crippen LogP contribution in [0.1, 0.15) is 43.4 Å². The molecular weight excluding hydrogens is 240 g/mol. The van der Waals surface area contributed by atoms with E-state index >= 15 is 0 Å². The minimum absolute atomic E-state index is 0.00632.